The van der Waals surface area contributed by atoms with Crippen molar-refractivity contribution in [2.75, 3.05) is 24.6 Å². The first-order valence-electron chi connectivity index (χ1n) is 4.27. The van der Waals surface area contributed by atoms with Gasteiger partial charge in [-0.2, -0.15) is 11.8 Å². The van der Waals surface area contributed by atoms with Gasteiger partial charge in [0.25, 0.3) is 0 Å². The van der Waals surface area contributed by atoms with Gasteiger partial charge >= 0.3 is 5.97 Å². The van der Waals surface area contributed by atoms with E-state index >= 15 is 0 Å². The van der Waals surface area contributed by atoms with E-state index < -0.39 is 5.97 Å². The number of nitrogens with zero attached hydrogens (tertiary/aromatic N) is 1. The van der Waals surface area contributed by atoms with Crippen molar-refractivity contribution in [3.63, 3.8) is 0 Å². The number of hydrogen-bond donors (Lipinski definition) is 1. The Morgan fingerprint density at radius 2 is 2.50 bits per heavy atom. The summed E-state index contributed by atoms with van der Waals surface area (Å²) in [5, 5.41) is 8.64. The molecular weight excluding hydrogens is 174 g/mol. The Bertz CT molecular complexity index is 163. The van der Waals surface area contributed by atoms with Gasteiger partial charge in [0.2, 0.25) is 0 Å². The van der Waals surface area contributed by atoms with Crippen LogP contribution in [0.5, 0.6) is 0 Å². The van der Waals surface area contributed by atoms with Crippen LogP contribution in [0.3, 0.4) is 0 Å². The third kappa shape index (κ3) is 2.68. The summed E-state index contributed by atoms with van der Waals surface area (Å²) >= 11 is 1.86. The molecule has 4 heteroatoms. The van der Waals surface area contributed by atoms with Crippen LogP contribution < -0.4 is 0 Å². The van der Waals surface area contributed by atoms with E-state index in [1.54, 1.807) is 0 Å². The lowest BCUT2D eigenvalue weighted by Crippen LogP contribution is -2.43. The molecule has 1 fully saturated rings. The van der Waals surface area contributed by atoms with Gasteiger partial charge in [-0.05, 0) is 6.54 Å². The van der Waals surface area contributed by atoms with Crippen molar-refractivity contribution in [2.24, 2.45) is 0 Å². The van der Waals surface area contributed by atoms with E-state index in [1.807, 2.05) is 11.8 Å². The molecule has 0 spiro atoms. The lowest BCUT2D eigenvalue weighted by Gasteiger charge is -2.33. The Kier molecular flexibility index (Phi) is 3.88. The van der Waals surface area contributed by atoms with Gasteiger partial charge in [0.15, 0.2) is 0 Å². The van der Waals surface area contributed by atoms with E-state index in [0.717, 1.165) is 24.6 Å². The minimum atomic E-state index is -0.680. The van der Waals surface area contributed by atoms with Crippen LogP contribution in [0.1, 0.15) is 13.3 Å². The highest BCUT2D eigenvalue weighted by Gasteiger charge is 2.23. The molecule has 1 saturated heterocycles. The fraction of sp³-hybridized carbons (Fsp3) is 0.875. The minimum Gasteiger partial charge on any atom is -0.481 e. The highest BCUT2D eigenvalue weighted by atomic mass is 32.2. The third-order valence-corrected chi connectivity index (χ3v) is 3.26. The molecule has 0 aromatic rings. The van der Waals surface area contributed by atoms with E-state index in [4.69, 9.17) is 5.11 Å². The highest BCUT2D eigenvalue weighted by Crippen LogP contribution is 2.18. The maximum Gasteiger partial charge on any atom is 0.304 e. The van der Waals surface area contributed by atoms with E-state index in [1.165, 1.54) is 0 Å². The van der Waals surface area contributed by atoms with Crippen molar-refractivity contribution in [2.45, 2.75) is 19.4 Å². The van der Waals surface area contributed by atoms with Crippen molar-refractivity contribution in [3.8, 4) is 0 Å². The Balaban J connectivity index is 2.41. The number of aliphatic carboxylic acids is 1. The molecule has 1 N–H and O–H groups in total. The largest absolute Gasteiger partial charge is 0.481 e. The first-order valence-corrected chi connectivity index (χ1v) is 5.43. The van der Waals surface area contributed by atoms with Crippen molar-refractivity contribution in [1.82, 2.24) is 4.90 Å². The van der Waals surface area contributed by atoms with Crippen LogP contribution in [0.2, 0.25) is 0 Å². The SMILES string of the molecule is CCN1CCSCC1CC(=O)O. The molecule has 70 valence electrons. The molecule has 1 aliphatic heterocycles. The summed E-state index contributed by atoms with van der Waals surface area (Å²) in [7, 11) is 0. The minimum absolute atomic E-state index is 0.256. The van der Waals surface area contributed by atoms with E-state index in [0.29, 0.717) is 6.42 Å². The monoisotopic (exact) mass is 189 g/mol. The van der Waals surface area contributed by atoms with E-state index in [-0.39, 0.29) is 6.04 Å². The summed E-state index contributed by atoms with van der Waals surface area (Å²) < 4.78 is 0. The van der Waals surface area contributed by atoms with Gasteiger partial charge in [-0.1, -0.05) is 6.92 Å². The summed E-state index contributed by atoms with van der Waals surface area (Å²) in [6, 6.07) is 0.256. The number of carboxylic acid groups (broad SMARTS) is 1. The van der Waals surface area contributed by atoms with Crippen LogP contribution in [0.15, 0.2) is 0 Å². The second-order valence-corrected chi connectivity index (χ2v) is 4.11. The van der Waals surface area contributed by atoms with Crippen molar-refractivity contribution in [3.05, 3.63) is 0 Å². The molecule has 1 heterocycles. The van der Waals surface area contributed by atoms with Gasteiger partial charge in [-0.3, -0.25) is 9.69 Å². The maximum absolute atomic E-state index is 10.5. The van der Waals surface area contributed by atoms with Crippen molar-refractivity contribution >= 4 is 17.7 Å². The molecule has 0 aromatic heterocycles. The molecular formula is C8H15NO2S. The number of thioether (sulfide) groups is 1. The standard InChI is InChI=1S/C8H15NO2S/c1-2-9-3-4-12-6-7(9)5-8(10)11/h7H,2-6H2,1H3,(H,10,11). The molecule has 1 aliphatic rings. The van der Waals surface area contributed by atoms with E-state index in [9.17, 15) is 4.79 Å². The normalized spacial score (nSPS) is 25.6. The van der Waals surface area contributed by atoms with Crippen LogP contribution in [-0.2, 0) is 4.79 Å². The van der Waals surface area contributed by atoms with Gasteiger partial charge in [0.05, 0.1) is 6.42 Å². The average molecular weight is 189 g/mol. The van der Waals surface area contributed by atoms with Crippen LogP contribution in [0, 0.1) is 0 Å². The van der Waals surface area contributed by atoms with E-state index in [2.05, 4.69) is 11.8 Å². The zero-order valence-corrected chi connectivity index (χ0v) is 8.14. The summed E-state index contributed by atoms with van der Waals surface area (Å²) in [6.07, 6.45) is 0.292. The van der Waals surface area contributed by atoms with Gasteiger partial charge in [-0.25, -0.2) is 0 Å². The molecule has 0 bridgehead atoms. The predicted octanol–water partition coefficient (Wildman–Crippen LogP) is 0.898. The Morgan fingerprint density at radius 3 is 3.08 bits per heavy atom. The number of hydrogen-bond acceptors (Lipinski definition) is 3. The first kappa shape index (κ1) is 9.86. The van der Waals surface area contributed by atoms with Crippen molar-refractivity contribution in [1.29, 1.82) is 0 Å². The smallest absolute Gasteiger partial charge is 0.304 e. The molecule has 3 nitrogen and oxygen atoms in total. The molecule has 0 aliphatic carbocycles. The van der Waals surface area contributed by atoms with Gasteiger partial charge in [0, 0.05) is 24.1 Å². The topological polar surface area (TPSA) is 40.5 Å². The molecule has 0 amide bonds. The highest BCUT2D eigenvalue weighted by molar-refractivity contribution is 7.99. The Morgan fingerprint density at radius 1 is 1.75 bits per heavy atom. The maximum atomic E-state index is 10.5. The zero-order valence-electron chi connectivity index (χ0n) is 7.32. The zero-order chi connectivity index (χ0) is 8.97. The lowest BCUT2D eigenvalue weighted by atomic mass is 10.2. The fourth-order valence-electron chi connectivity index (χ4n) is 1.50. The first-order chi connectivity index (χ1) is 5.74. The molecule has 0 aromatic carbocycles. The Labute approximate surface area is 77.1 Å². The second kappa shape index (κ2) is 4.72. The molecule has 0 radical (unpaired) electrons. The number of rotatable bonds is 3. The molecule has 12 heavy (non-hydrogen) atoms. The van der Waals surface area contributed by atoms with Gasteiger partial charge in [0.1, 0.15) is 0 Å². The predicted molar refractivity (Wildman–Crippen MR) is 50.6 cm³/mol. The van der Waals surface area contributed by atoms with Crippen LogP contribution in [-0.4, -0.2) is 46.6 Å². The summed E-state index contributed by atoms with van der Waals surface area (Å²) in [5.74, 6) is 1.44. The quantitative estimate of drug-likeness (QED) is 0.716. The van der Waals surface area contributed by atoms with Crippen LogP contribution >= 0.6 is 11.8 Å². The van der Waals surface area contributed by atoms with Gasteiger partial charge in [-0.15, -0.1) is 0 Å². The molecule has 1 unspecified atom stereocenters. The average Bonchev–Trinajstić information content (AvgIpc) is 2.04. The Hall–Kier alpha value is -0.220. The number of carbonyl (C=O) groups is 1. The van der Waals surface area contributed by atoms with Crippen molar-refractivity contribution < 1.29 is 9.90 Å². The molecule has 1 rings (SSSR count). The third-order valence-electron chi connectivity index (χ3n) is 2.17. The second-order valence-electron chi connectivity index (χ2n) is 2.96. The molecule has 1 atom stereocenters. The fourth-order valence-corrected chi connectivity index (χ4v) is 2.63. The summed E-state index contributed by atoms with van der Waals surface area (Å²) in [4.78, 5) is 12.7. The summed E-state index contributed by atoms with van der Waals surface area (Å²) in [6.45, 7) is 4.10. The molecule has 0 saturated carbocycles. The van der Waals surface area contributed by atoms with Crippen LogP contribution in [0.4, 0.5) is 0 Å². The number of carboxylic acids is 1. The van der Waals surface area contributed by atoms with Gasteiger partial charge < -0.3 is 5.11 Å². The van der Waals surface area contributed by atoms with Crippen LogP contribution in [0.25, 0.3) is 0 Å². The lowest BCUT2D eigenvalue weighted by molar-refractivity contribution is -0.138. The summed E-state index contributed by atoms with van der Waals surface area (Å²) in [5.41, 5.74) is 0.